The summed E-state index contributed by atoms with van der Waals surface area (Å²) in [5.74, 6) is 0.692. The average Bonchev–Trinajstić information content (AvgIpc) is 2.97. The largest absolute Gasteiger partial charge is 0.409 e. The summed E-state index contributed by atoms with van der Waals surface area (Å²) >= 11 is 0. The summed E-state index contributed by atoms with van der Waals surface area (Å²) < 4.78 is 0. The zero-order chi connectivity index (χ0) is 14.5. The first-order valence-corrected chi connectivity index (χ1v) is 6.99. The Hall–Kier alpha value is -1.89. The molecule has 0 radical (unpaired) electrons. The molecule has 0 aliphatic carbocycles. The zero-order valence-electron chi connectivity index (χ0n) is 12.0. The Morgan fingerprint density at radius 1 is 1.45 bits per heavy atom. The molecule has 7 nitrogen and oxygen atoms in total. The highest BCUT2D eigenvalue weighted by atomic mass is 16.4. The quantitative estimate of drug-likeness (QED) is 0.352. The summed E-state index contributed by atoms with van der Waals surface area (Å²) in [5.41, 5.74) is 6.11. The van der Waals surface area contributed by atoms with Gasteiger partial charge in [-0.1, -0.05) is 19.0 Å². The lowest BCUT2D eigenvalue weighted by atomic mass is 10.2. The molecule has 0 bridgehead atoms. The molecule has 0 amide bonds. The van der Waals surface area contributed by atoms with Gasteiger partial charge in [0.25, 0.3) is 0 Å². The molecule has 1 fully saturated rings. The first-order chi connectivity index (χ1) is 9.71. The Morgan fingerprint density at radius 2 is 2.15 bits per heavy atom. The van der Waals surface area contributed by atoms with Crippen molar-refractivity contribution in [2.75, 3.05) is 31.1 Å². The van der Waals surface area contributed by atoms with Crippen LogP contribution in [0.3, 0.4) is 0 Å². The molecule has 1 aliphatic rings. The SMILES string of the molecule is CCN(CC)C1CCN(c2nccnc2C(N)=NO)C1. The summed E-state index contributed by atoms with van der Waals surface area (Å²) in [4.78, 5) is 13.1. The Balaban J connectivity index is 2.18. The van der Waals surface area contributed by atoms with Gasteiger partial charge in [-0.2, -0.15) is 0 Å². The van der Waals surface area contributed by atoms with Crippen LogP contribution in [0.1, 0.15) is 26.0 Å². The topological polar surface area (TPSA) is 90.9 Å². The second-order valence-corrected chi connectivity index (χ2v) is 4.82. The van der Waals surface area contributed by atoms with Crippen molar-refractivity contribution < 1.29 is 5.21 Å². The van der Waals surface area contributed by atoms with Crippen LogP contribution in [0.5, 0.6) is 0 Å². The Labute approximate surface area is 119 Å². The van der Waals surface area contributed by atoms with Gasteiger partial charge in [0.05, 0.1) is 0 Å². The van der Waals surface area contributed by atoms with E-state index >= 15 is 0 Å². The van der Waals surface area contributed by atoms with Crippen LogP contribution in [0.25, 0.3) is 0 Å². The molecule has 20 heavy (non-hydrogen) atoms. The first kappa shape index (κ1) is 14.5. The van der Waals surface area contributed by atoms with Crippen molar-refractivity contribution in [3.63, 3.8) is 0 Å². The fourth-order valence-corrected chi connectivity index (χ4v) is 2.76. The van der Waals surface area contributed by atoms with Gasteiger partial charge in [0.2, 0.25) is 0 Å². The normalized spacial score (nSPS) is 19.9. The molecule has 3 N–H and O–H groups in total. The van der Waals surface area contributed by atoms with Gasteiger partial charge in [-0.05, 0) is 19.5 Å². The van der Waals surface area contributed by atoms with Crippen molar-refractivity contribution in [1.82, 2.24) is 14.9 Å². The predicted molar refractivity (Wildman–Crippen MR) is 78.1 cm³/mol. The number of rotatable bonds is 5. The number of oxime groups is 1. The molecule has 1 aromatic rings. The lowest BCUT2D eigenvalue weighted by Gasteiger charge is -2.26. The highest BCUT2D eigenvalue weighted by molar-refractivity contribution is 5.99. The van der Waals surface area contributed by atoms with Crippen LogP contribution in [-0.4, -0.2) is 58.1 Å². The van der Waals surface area contributed by atoms with E-state index in [9.17, 15) is 0 Å². The molecular weight excluding hydrogens is 256 g/mol. The van der Waals surface area contributed by atoms with Gasteiger partial charge in [0, 0.05) is 31.5 Å². The van der Waals surface area contributed by atoms with Gasteiger partial charge >= 0.3 is 0 Å². The van der Waals surface area contributed by atoms with Crippen LogP contribution in [0.15, 0.2) is 17.5 Å². The third-order valence-corrected chi connectivity index (χ3v) is 3.82. The predicted octanol–water partition coefficient (Wildman–Crippen LogP) is 0.492. The second kappa shape index (κ2) is 6.51. The fourth-order valence-electron chi connectivity index (χ4n) is 2.76. The molecule has 1 unspecified atom stereocenters. The van der Waals surface area contributed by atoms with E-state index in [0.717, 1.165) is 32.6 Å². The molecule has 2 rings (SSSR count). The van der Waals surface area contributed by atoms with E-state index in [2.05, 4.69) is 38.8 Å². The number of likely N-dealkylation sites (N-methyl/N-ethyl adjacent to an activating group) is 1. The fraction of sp³-hybridized carbons (Fsp3) is 0.615. The van der Waals surface area contributed by atoms with Crippen molar-refractivity contribution in [2.45, 2.75) is 26.3 Å². The molecule has 0 aromatic carbocycles. The minimum absolute atomic E-state index is 0.000566. The third kappa shape index (κ3) is 2.82. The summed E-state index contributed by atoms with van der Waals surface area (Å²) in [5, 5.41) is 11.9. The first-order valence-electron chi connectivity index (χ1n) is 6.99. The van der Waals surface area contributed by atoms with Crippen molar-refractivity contribution in [3.8, 4) is 0 Å². The number of nitrogens with zero attached hydrogens (tertiary/aromatic N) is 5. The van der Waals surface area contributed by atoms with Crippen molar-refractivity contribution in [1.29, 1.82) is 0 Å². The van der Waals surface area contributed by atoms with E-state index in [1.165, 1.54) is 0 Å². The summed E-state index contributed by atoms with van der Waals surface area (Å²) in [7, 11) is 0. The van der Waals surface area contributed by atoms with E-state index in [4.69, 9.17) is 10.9 Å². The molecule has 1 aromatic heterocycles. The number of amidine groups is 1. The average molecular weight is 278 g/mol. The maximum atomic E-state index is 8.84. The number of aromatic nitrogens is 2. The van der Waals surface area contributed by atoms with Crippen LogP contribution >= 0.6 is 0 Å². The minimum Gasteiger partial charge on any atom is -0.409 e. The van der Waals surface area contributed by atoms with Gasteiger partial charge in [0.1, 0.15) is 0 Å². The Morgan fingerprint density at radius 3 is 2.80 bits per heavy atom. The summed E-state index contributed by atoms with van der Waals surface area (Å²) in [6.45, 7) is 8.25. The van der Waals surface area contributed by atoms with Gasteiger partial charge in [-0.25, -0.2) is 9.97 Å². The smallest absolute Gasteiger partial charge is 0.192 e. The molecule has 7 heteroatoms. The van der Waals surface area contributed by atoms with Crippen LogP contribution in [0.4, 0.5) is 5.82 Å². The molecule has 0 saturated carbocycles. The zero-order valence-corrected chi connectivity index (χ0v) is 12.0. The van der Waals surface area contributed by atoms with Gasteiger partial charge in [-0.15, -0.1) is 0 Å². The van der Waals surface area contributed by atoms with Gasteiger partial charge in [-0.3, -0.25) is 4.90 Å². The van der Waals surface area contributed by atoms with Gasteiger partial charge in [0.15, 0.2) is 17.3 Å². The van der Waals surface area contributed by atoms with Crippen LogP contribution in [-0.2, 0) is 0 Å². The summed E-state index contributed by atoms with van der Waals surface area (Å²) in [6, 6.07) is 0.521. The van der Waals surface area contributed by atoms with E-state index in [1.54, 1.807) is 12.4 Å². The van der Waals surface area contributed by atoms with Gasteiger partial charge < -0.3 is 15.8 Å². The highest BCUT2D eigenvalue weighted by Crippen LogP contribution is 2.23. The molecular formula is C13H22N6O. The maximum Gasteiger partial charge on any atom is 0.192 e. The Kier molecular flexibility index (Phi) is 4.73. The molecule has 1 aliphatic heterocycles. The monoisotopic (exact) mass is 278 g/mol. The third-order valence-electron chi connectivity index (χ3n) is 3.82. The molecule has 0 spiro atoms. The van der Waals surface area contributed by atoms with Crippen LogP contribution in [0, 0.1) is 0 Å². The van der Waals surface area contributed by atoms with Crippen molar-refractivity contribution >= 4 is 11.7 Å². The van der Waals surface area contributed by atoms with Crippen LogP contribution < -0.4 is 10.6 Å². The van der Waals surface area contributed by atoms with E-state index in [-0.39, 0.29) is 5.84 Å². The summed E-state index contributed by atoms with van der Waals surface area (Å²) in [6.07, 6.45) is 4.27. The lowest BCUT2D eigenvalue weighted by Crippen LogP contribution is -2.37. The maximum absolute atomic E-state index is 8.84. The molecule has 2 heterocycles. The molecule has 1 saturated heterocycles. The molecule has 1 atom stereocenters. The van der Waals surface area contributed by atoms with E-state index < -0.39 is 0 Å². The molecule has 110 valence electrons. The minimum atomic E-state index is -0.000566. The number of hydrogen-bond acceptors (Lipinski definition) is 6. The highest BCUT2D eigenvalue weighted by Gasteiger charge is 2.29. The Bertz CT molecular complexity index is 474. The van der Waals surface area contributed by atoms with Crippen molar-refractivity contribution in [2.24, 2.45) is 10.9 Å². The standard InChI is InChI=1S/C13H22N6O/c1-3-18(4-2)10-5-8-19(9-10)13-11(12(14)17-20)15-6-7-16-13/h6-7,10,20H,3-5,8-9H2,1-2H3,(H2,14,17). The number of hydrogen-bond donors (Lipinski definition) is 2. The van der Waals surface area contributed by atoms with E-state index in [1.807, 2.05) is 0 Å². The lowest BCUT2D eigenvalue weighted by molar-refractivity contribution is 0.232. The second-order valence-electron chi connectivity index (χ2n) is 4.82. The number of anilines is 1. The van der Waals surface area contributed by atoms with Crippen molar-refractivity contribution in [3.05, 3.63) is 18.1 Å². The van der Waals surface area contributed by atoms with Crippen LogP contribution in [0.2, 0.25) is 0 Å². The number of nitrogens with two attached hydrogens (primary N) is 1. The van der Waals surface area contributed by atoms with E-state index in [0.29, 0.717) is 17.6 Å².